The first-order chi connectivity index (χ1) is 14.4. The highest BCUT2D eigenvalue weighted by Crippen LogP contribution is 2.33. The second kappa shape index (κ2) is 7.52. The Morgan fingerprint density at radius 3 is 2.52 bits per heavy atom. The number of hydrogen-bond acceptors (Lipinski definition) is 6. The van der Waals surface area contributed by atoms with Crippen LogP contribution in [0.2, 0.25) is 0 Å². The Bertz CT molecular complexity index is 1240. The molecule has 2 aromatic carbocycles. The molecule has 6 heteroatoms. The number of benzene rings is 2. The third kappa shape index (κ3) is 3.43. The number of nitrogens with zero attached hydrogens (tertiary/aromatic N) is 4. The van der Waals surface area contributed by atoms with Gasteiger partial charge in [0.15, 0.2) is 11.5 Å². The Morgan fingerprint density at radius 2 is 1.72 bits per heavy atom. The summed E-state index contributed by atoms with van der Waals surface area (Å²) < 4.78 is 4.98. The van der Waals surface area contributed by atoms with Crippen molar-refractivity contribution in [3.05, 3.63) is 91.0 Å². The Labute approximate surface area is 167 Å². The molecule has 3 heterocycles. The lowest BCUT2D eigenvalue weighted by Crippen LogP contribution is -2.06. The fourth-order valence-electron chi connectivity index (χ4n) is 3.29. The van der Waals surface area contributed by atoms with E-state index < -0.39 is 0 Å². The van der Waals surface area contributed by atoms with E-state index >= 15 is 0 Å². The van der Waals surface area contributed by atoms with E-state index in [1.165, 1.54) is 6.26 Å². The van der Waals surface area contributed by atoms with Gasteiger partial charge in [0.1, 0.15) is 12.1 Å². The molecule has 3 aromatic heterocycles. The monoisotopic (exact) mass is 379 g/mol. The van der Waals surface area contributed by atoms with Crippen molar-refractivity contribution in [1.82, 2.24) is 20.1 Å². The van der Waals surface area contributed by atoms with Gasteiger partial charge in [-0.05, 0) is 29.3 Å². The van der Waals surface area contributed by atoms with Crippen molar-refractivity contribution >= 4 is 16.7 Å². The van der Waals surface area contributed by atoms with E-state index in [9.17, 15) is 0 Å². The predicted octanol–water partition coefficient (Wildman–Crippen LogP) is 4.96. The first-order valence-electron chi connectivity index (χ1n) is 9.29. The lowest BCUT2D eigenvalue weighted by Gasteiger charge is -2.13. The SMILES string of the molecule is c1ccc(-c2cccc3nc(-c4ccon4)nc(NCc4ccccn4)c23)cc1. The molecule has 5 rings (SSSR count). The standard InChI is InChI=1S/C23H17N5O/c1-2-7-16(8-3-1)18-10-6-11-19-21(18)23(25-15-17-9-4-5-13-24-17)27-22(26-19)20-12-14-29-28-20/h1-14H,15H2,(H,25,26,27). The quantitative estimate of drug-likeness (QED) is 0.465. The molecule has 0 saturated heterocycles. The van der Waals surface area contributed by atoms with Crippen LogP contribution in [0, 0.1) is 0 Å². The molecule has 0 unspecified atom stereocenters. The predicted molar refractivity (Wildman–Crippen MR) is 112 cm³/mol. The summed E-state index contributed by atoms with van der Waals surface area (Å²) in [5.41, 5.74) is 4.54. The van der Waals surface area contributed by atoms with Crippen molar-refractivity contribution in [3.8, 4) is 22.6 Å². The Balaban J connectivity index is 1.68. The summed E-state index contributed by atoms with van der Waals surface area (Å²) in [6.45, 7) is 0.550. The highest BCUT2D eigenvalue weighted by atomic mass is 16.5. The summed E-state index contributed by atoms with van der Waals surface area (Å²) in [7, 11) is 0. The van der Waals surface area contributed by atoms with E-state index in [1.807, 2.05) is 48.5 Å². The molecular formula is C23H17N5O. The van der Waals surface area contributed by atoms with Gasteiger partial charge in [-0.15, -0.1) is 0 Å². The number of hydrogen-bond donors (Lipinski definition) is 1. The van der Waals surface area contributed by atoms with Gasteiger partial charge in [-0.3, -0.25) is 4.98 Å². The maximum Gasteiger partial charge on any atom is 0.184 e. The lowest BCUT2D eigenvalue weighted by atomic mass is 10.0. The zero-order valence-corrected chi connectivity index (χ0v) is 15.5. The summed E-state index contributed by atoms with van der Waals surface area (Å²) in [6.07, 6.45) is 3.30. The summed E-state index contributed by atoms with van der Waals surface area (Å²) in [4.78, 5) is 13.9. The molecule has 5 aromatic rings. The fourth-order valence-corrected chi connectivity index (χ4v) is 3.29. The van der Waals surface area contributed by atoms with E-state index in [0.717, 1.165) is 33.5 Å². The molecule has 0 aliphatic carbocycles. The summed E-state index contributed by atoms with van der Waals surface area (Å²) >= 11 is 0. The van der Waals surface area contributed by atoms with E-state index in [4.69, 9.17) is 14.5 Å². The molecule has 0 spiro atoms. The zero-order chi connectivity index (χ0) is 19.5. The first kappa shape index (κ1) is 17.1. The van der Waals surface area contributed by atoms with Crippen LogP contribution in [-0.4, -0.2) is 20.1 Å². The maximum atomic E-state index is 4.98. The van der Waals surface area contributed by atoms with Crippen LogP contribution in [0.15, 0.2) is 89.8 Å². The minimum atomic E-state index is 0.514. The molecule has 0 atom stereocenters. The second-order valence-corrected chi connectivity index (χ2v) is 6.52. The van der Waals surface area contributed by atoms with E-state index in [-0.39, 0.29) is 0 Å². The number of aromatic nitrogens is 4. The van der Waals surface area contributed by atoms with E-state index in [1.54, 1.807) is 12.3 Å². The topological polar surface area (TPSA) is 76.7 Å². The van der Waals surface area contributed by atoms with Crippen molar-refractivity contribution in [2.24, 2.45) is 0 Å². The van der Waals surface area contributed by atoms with Gasteiger partial charge < -0.3 is 9.84 Å². The number of anilines is 1. The van der Waals surface area contributed by atoms with Crippen LogP contribution in [0.3, 0.4) is 0 Å². The summed E-state index contributed by atoms with van der Waals surface area (Å²) in [5.74, 6) is 1.25. The Morgan fingerprint density at radius 1 is 0.828 bits per heavy atom. The van der Waals surface area contributed by atoms with Crippen molar-refractivity contribution in [2.45, 2.75) is 6.54 Å². The van der Waals surface area contributed by atoms with E-state index in [0.29, 0.717) is 18.1 Å². The molecule has 0 fully saturated rings. The third-order valence-corrected chi connectivity index (χ3v) is 4.64. The fraction of sp³-hybridized carbons (Fsp3) is 0.0435. The molecule has 140 valence electrons. The lowest BCUT2D eigenvalue weighted by molar-refractivity contribution is 0.422. The summed E-state index contributed by atoms with van der Waals surface area (Å²) in [6, 6.07) is 23.9. The second-order valence-electron chi connectivity index (χ2n) is 6.52. The van der Waals surface area contributed by atoms with Crippen LogP contribution >= 0.6 is 0 Å². The van der Waals surface area contributed by atoms with Gasteiger partial charge in [-0.1, -0.05) is 53.7 Å². The van der Waals surface area contributed by atoms with Gasteiger partial charge in [0.05, 0.1) is 23.1 Å². The van der Waals surface area contributed by atoms with Crippen LogP contribution in [0.25, 0.3) is 33.5 Å². The molecule has 0 aliphatic rings. The van der Waals surface area contributed by atoms with Gasteiger partial charge in [0.25, 0.3) is 0 Å². The molecule has 1 N–H and O–H groups in total. The number of rotatable bonds is 5. The average molecular weight is 379 g/mol. The molecule has 0 saturated carbocycles. The van der Waals surface area contributed by atoms with Gasteiger partial charge >= 0.3 is 0 Å². The average Bonchev–Trinajstić information content (AvgIpc) is 3.33. The van der Waals surface area contributed by atoms with Crippen LogP contribution in [0.5, 0.6) is 0 Å². The molecule has 29 heavy (non-hydrogen) atoms. The molecule has 0 aliphatic heterocycles. The number of pyridine rings is 1. The largest absolute Gasteiger partial charge is 0.364 e. The molecule has 6 nitrogen and oxygen atoms in total. The van der Waals surface area contributed by atoms with Crippen LogP contribution in [0.1, 0.15) is 5.69 Å². The number of nitrogens with one attached hydrogen (secondary N) is 1. The minimum Gasteiger partial charge on any atom is -0.364 e. The minimum absolute atomic E-state index is 0.514. The third-order valence-electron chi connectivity index (χ3n) is 4.64. The van der Waals surface area contributed by atoms with Crippen LogP contribution in [0.4, 0.5) is 5.82 Å². The van der Waals surface area contributed by atoms with Gasteiger partial charge in [0.2, 0.25) is 0 Å². The van der Waals surface area contributed by atoms with Gasteiger partial charge in [-0.25, -0.2) is 9.97 Å². The van der Waals surface area contributed by atoms with Gasteiger partial charge in [0, 0.05) is 12.3 Å². The highest BCUT2D eigenvalue weighted by Gasteiger charge is 2.15. The first-order valence-corrected chi connectivity index (χ1v) is 9.29. The van der Waals surface area contributed by atoms with Crippen molar-refractivity contribution < 1.29 is 4.52 Å². The molecule has 0 amide bonds. The molecular weight excluding hydrogens is 362 g/mol. The normalized spacial score (nSPS) is 10.9. The van der Waals surface area contributed by atoms with Crippen molar-refractivity contribution in [3.63, 3.8) is 0 Å². The van der Waals surface area contributed by atoms with Crippen molar-refractivity contribution in [2.75, 3.05) is 5.32 Å². The smallest absolute Gasteiger partial charge is 0.184 e. The Hall–Kier alpha value is -4.06. The molecule has 0 bridgehead atoms. The summed E-state index contributed by atoms with van der Waals surface area (Å²) in [5, 5.41) is 8.40. The molecule has 0 radical (unpaired) electrons. The van der Waals surface area contributed by atoms with E-state index in [2.05, 4.69) is 33.7 Å². The maximum absolute atomic E-state index is 4.98. The Kier molecular flexibility index (Phi) is 4.42. The van der Waals surface area contributed by atoms with Gasteiger partial charge in [-0.2, -0.15) is 0 Å². The zero-order valence-electron chi connectivity index (χ0n) is 15.5. The van der Waals surface area contributed by atoms with Crippen molar-refractivity contribution in [1.29, 1.82) is 0 Å². The van der Waals surface area contributed by atoms with Crippen LogP contribution < -0.4 is 5.32 Å². The number of fused-ring (bicyclic) bond motifs is 1. The highest BCUT2D eigenvalue weighted by molar-refractivity contribution is 6.02. The van der Waals surface area contributed by atoms with Crippen LogP contribution in [-0.2, 0) is 6.54 Å².